The van der Waals surface area contributed by atoms with Crippen LogP contribution < -0.4 is 15.4 Å². The summed E-state index contributed by atoms with van der Waals surface area (Å²) in [7, 11) is 0. The Balaban J connectivity index is 0.00000220. The molecule has 0 aliphatic carbocycles. The third-order valence-corrected chi connectivity index (χ3v) is 4.12. The molecule has 6 heteroatoms. The van der Waals surface area contributed by atoms with E-state index in [-0.39, 0.29) is 31.0 Å². The van der Waals surface area contributed by atoms with Crippen molar-refractivity contribution < 1.29 is 9.53 Å². The second-order valence-corrected chi connectivity index (χ2v) is 5.70. The standard InChI is InChI=1S/C15H21ClN2O2.ClH/c1-10-8-17-7-6-13(10)18-15(19)9-20-14-5-3-4-12(16)11(14)2;/h3-5,10,13,17H,6-9H2,1-2H3,(H,18,19);1H. The number of halogens is 2. The van der Waals surface area contributed by atoms with Crippen molar-refractivity contribution in [2.45, 2.75) is 26.3 Å². The molecule has 4 nitrogen and oxygen atoms in total. The van der Waals surface area contributed by atoms with Gasteiger partial charge >= 0.3 is 0 Å². The van der Waals surface area contributed by atoms with E-state index < -0.39 is 0 Å². The number of nitrogens with one attached hydrogen (secondary N) is 2. The van der Waals surface area contributed by atoms with E-state index in [1.54, 1.807) is 6.07 Å². The second-order valence-electron chi connectivity index (χ2n) is 5.30. The zero-order valence-corrected chi connectivity index (χ0v) is 13.9. The van der Waals surface area contributed by atoms with Gasteiger partial charge in [-0.2, -0.15) is 0 Å². The van der Waals surface area contributed by atoms with E-state index in [1.165, 1.54) is 0 Å². The Morgan fingerprint density at radius 1 is 1.52 bits per heavy atom. The van der Waals surface area contributed by atoms with E-state index in [9.17, 15) is 4.79 Å². The molecule has 2 N–H and O–H groups in total. The topological polar surface area (TPSA) is 50.4 Å². The predicted molar refractivity (Wildman–Crippen MR) is 87.5 cm³/mol. The predicted octanol–water partition coefficient (Wildman–Crippen LogP) is 2.56. The summed E-state index contributed by atoms with van der Waals surface area (Å²) in [6.45, 7) is 5.93. The molecule has 2 atom stereocenters. The maximum absolute atomic E-state index is 11.9. The van der Waals surface area contributed by atoms with E-state index >= 15 is 0 Å². The van der Waals surface area contributed by atoms with Crippen molar-refractivity contribution in [3.05, 3.63) is 28.8 Å². The van der Waals surface area contributed by atoms with E-state index in [1.807, 2.05) is 19.1 Å². The number of piperidine rings is 1. The maximum Gasteiger partial charge on any atom is 0.258 e. The van der Waals surface area contributed by atoms with Gasteiger partial charge in [-0.05, 0) is 44.5 Å². The summed E-state index contributed by atoms with van der Waals surface area (Å²) in [6, 6.07) is 5.67. The van der Waals surface area contributed by atoms with Crippen molar-refractivity contribution >= 4 is 29.9 Å². The normalized spacial score (nSPS) is 21.3. The second kappa shape index (κ2) is 8.47. The van der Waals surface area contributed by atoms with Crippen molar-refractivity contribution in [3.8, 4) is 5.75 Å². The minimum atomic E-state index is -0.0804. The summed E-state index contributed by atoms with van der Waals surface area (Å²) in [5.41, 5.74) is 0.859. The van der Waals surface area contributed by atoms with Gasteiger partial charge in [0.05, 0.1) is 0 Å². The van der Waals surface area contributed by atoms with Gasteiger partial charge in [-0.1, -0.05) is 24.6 Å². The molecule has 21 heavy (non-hydrogen) atoms. The first-order valence-electron chi connectivity index (χ1n) is 6.96. The van der Waals surface area contributed by atoms with E-state index in [0.717, 1.165) is 25.1 Å². The number of hydrogen-bond donors (Lipinski definition) is 2. The average molecular weight is 333 g/mol. The Bertz CT molecular complexity index is 483. The largest absolute Gasteiger partial charge is 0.483 e. The molecule has 1 heterocycles. The number of benzene rings is 1. The van der Waals surface area contributed by atoms with Gasteiger partial charge in [0.2, 0.25) is 0 Å². The van der Waals surface area contributed by atoms with Gasteiger partial charge in [0.25, 0.3) is 5.91 Å². The molecule has 1 amide bonds. The number of rotatable bonds is 4. The Kier molecular flexibility index (Phi) is 7.29. The van der Waals surface area contributed by atoms with Crippen LogP contribution in [0.2, 0.25) is 5.02 Å². The van der Waals surface area contributed by atoms with Crippen molar-refractivity contribution in [1.82, 2.24) is 10.6 Å². The lowest BCUT2D eigenvalue weighted by molar-refractivity contribution is -0.124. The highest BCUT2D eigenvalue weighted by Crippen LogP contribution is 2.24. The van der Waals surface area contributed by atoms with E-state index in [0.29, 0.717) is 16.7 Å². The molecule has 1 aliphatic rings. The Morgan fingerprint density at radius 3 is 3.00 bits per heavy atom. The SMILES string of the molecule is Cc1c(Cl)cccc1OCC(=O)NC1CCNCC1C.Cl. The van der Waals surface area contributed by atoms with Gasteiger partial charge in [-0.15, -0.1) is 12.4 Å². The van der Waals surface area contributed by atoms with Crippen molar-refractivity contribution in [2.75, 3.05) is 19.7 Å². The minimum absolute atomic E-state index is 0. The third-order valence-electron chi connectivity index (χ3n) is 3.71. The summed E-state index contributed by atoms with van der Waals surface area (Å²) in [4.78, 5) is 11.9. The Morgan fingerprint density at radius 2 is 2.29 bits per heavy atom. The first-order valence-corrected chi connectivity index (χ1v) is 7.33. The monoisotopic (exact) mass is 332 g/mol. The first kappa shape index (κ1) is 18.1. The molecule has 118 valence electrons. The molecule has 0 radical (unpaired) electrons. The van der Waals surface area contributed by atoms with Gasteiger partial charge in [-0.25, -0.2) is 0 Å². The molecule has 1 saturated heterocycles. The van der Waals surface area contributed by atoms with Gasteiger partial charge in [0.1, 0.15) is 5.75 Å². The smallest absolute Gasteiger partial charge is 0.258 e. The van der Waals surface area contributed by atoms with Crippen LogP contribution in [0.3, 0.4) is 0 Å². The molecular formula is C15H22Cl2N2O2. The summed E-state index contributed by atoms with van der Waals surface area (Å²) in [6.07, 6.45) is 0.961. The minimum Gasteiger partial charge on any atom is -0.483 e. The fraction of sp³-hybridized carbons (Fsp3) is 0.533. The molecular weight excluding hydrogens is 311 g/mol. The quantitative estimate of drug-likeness (QED) is 0.890. The molecule has 0 spiro atoms. The zero-order valence-electron chi connectivity index (χ0n) is 12.3. The molecule has 0 saturated carbocycles. The number of amides is 1. The van der Waals surface area contributed by atoms with Gasteiger partial charge in [0.15, 0.2) is 6.61 Å². The van der Waals surface area contributed by atoms with Crippen molar-refractivity contribution in [1.29, 1.82) is 0 Å². The highest BCUT2D eigenvalue weighted by atomic mass is 35.5. The molecule has 0 aromatic heterocycles. The van der Waals surface area contributed by atoms with Crippen LogP contribution in [0.15, 0.2) is 18.2 Å². The lowest BCUT2D eigenvalue weighted by atomic mass is 9.95. The molecule has 0 bridgehead atoms. The van der Waals surface area contributed by atoms with Gasteiger partial charge in [0, 0.05) is 16.6 Å². The summed E-state index contributed by atoms with van der Waals surface area (Å²) in [5, 5.41) is 7.00. The van der Waals surface area contributed by atoms with Crippen LogP contribution in [0.1, 0.15) is 18.9 Å². The molecule has 1 fully saturated rings. The van der Waals surface area contributed by atoms with Crippen LogP contribution in [0, 0.1) is 12.8 Å². The maximum atomic E-state index is 11.9. The number of ether oxygens (including phenoxy) is 1. The lowest BCUT2D eigenvalue weighted by Crippen LogP contribution is -2.49. The summed E-state index contributed by atoms with van der Waals surface area (Å²) < 4.78 is 5.54. The highest BCUT2D eigenvalue weighted by Gasteiger charge is 2.22. The van der Waals surface area contributed by atoms with Crippen molar-refractivity contribution in [2.24, 2.45) is 5.92 Å². The number of carbonyl (C=O) groups is 1. The fourth-order valence-corrected chi connectivity index (χ4v) is 2.53. The lowest BCUT2D eigenvalue weighted by Gasteiger charge is -2.30. The molecule has 1 aromatic carbocycles. The van der Waals surface area contributed by atoms with Gasteiger partial charge in [-0.3, -0.25) is 4.79 Å². The van der Waals surface area contributed by atoms with E-state index in [4.69, 9.17) is 16.3 Å². The number of carbonyl (C=O) groups excluding carboxylic acids is 1. The molecule has 2 unspecified atom stereocenters. The van der Waals surface area contributed by atoms with Crippen LogP contribution in [-0.2, 0) is 4.79 Å². The average Bonchev–Trinajstić information content (AvgIpc) is 2.43. The molecule has 2 rings (SSSR count). The Hall–Kier alpha value is -0.970. The summed E-state index contributed by atoms with van der Waals surface area (Å²) in [5.74, 6) is 1.02. The summed E-state index contributed by atoms with van der Waals surface area (Å²) >= 11 is 6.02. The van der Waals surface area contributed by atoms with Crippen LogP contribution in [0.5, 0.6) is 5.75 Å². The van der Waals surface area contributed by atoms with Crippen LogP contribution in [-0.4, -0.2) is 31.6 Å². The van der Waals surface area contributed by atoms with Crippen LogP contribution >= 0.6 is 24.0 Å². The number of hydrogen-bond acceptors (Lipinski definition) is 3. The first-order chi connectivity index (χ1) is 9.58. The van der Waals surface area contributed by atoms with Crippen LogP contribution in [0.25, 0.3) is 0 Å². The van der Waals surface area contributed by atoms with Crippen molar-refractivity contribution in [3.63, 3.8) is 0 Å². The molecule has 1 aromatic rings. The third kappa shape index (κ3) is 5.06. The van der Waals surface area contributed by atoms with Crippen LogP contribution in [0.4, 0.5) is 0 Å². The van der Waals surface area contributed by atoms with Gasteiger partial charge < -0.3 is 15.4 Å². The molecule has 1 aliphatic heterocycles. The Labute approximate surface area is 137 Å². The van der Waals surface area contributed by atoms with E-state index in [2.05, 4.69) is 17.6 Å². The zero-order chi connectivity index (χ0) is 14.5. The fourth-order valence-electron chi connectivity index (χ4n) is 2.36. The highest BCUT2D eigenvalue weighted by molar-refractivity contribution is 6.31.